The monoisotopic (exact) mass is 391 g/mol. The predicted molar refractivity (Wildman–Crippen MR) is 116 cm³/mol. The van der Waals surface area contributed by atoms with Crippen molar-refractivity contribution in [2.24, 2.45) is 0 Å². The average Bonchev–Trinajstić information content (AvgIpc) is 2.74. The molecule has 150 valence electrons. The Morgan fingerprint density at radius 1 is 0.966 bits per heavy atom. The lowest BCUT2D eigenvalue weighted by Gasteiger charge is -2.14. The van der Waals surface area contributed by atoms with Crippen molar-refractivity contribution in [1.29, 1.82) is 0 Å². The summed E-state index contributed by atoms with van der Waals surface area (Å²) in [6.45, 7) is 4.19. The molecule has 29 heavy (non-hydrogen) atoms. The number of amides is 1. The van der Waals surface area contributed by atoms with Crippen LogP contribution in [0.5, 0.6) is 11.5 Å². The largest absolute Gasteiger partial charge is 0.497 e. The normalized spacial score (nSPS) is 10.5. The first-order chi connectivity index (χ1) is 14.0. The van der Waals surface area contributed by atoms with Gasteiger partial charge >= 0.3 is 0 Å². The highest BCUT2D eigenvalue weighted by molar-refractivity contribution is 6.03. The molecule has 1 heterocycles. The summed E-state index contributed by atoms with van der Waals surface area (Å²) in [6.07, 6.45) is 1.60. The van der Waals surface area contributed by atoms with Gasteiger partial charge in [0.2, 0.25) is 0 Å². The van der Waals surface area contributed by atoms with Crippen molar-refractivity contribution in [2.45, 2.75) is 19.8 Å². The zero-order valence-corrected chi connectivity index (χ0v) is 17.0. The van der Waals surface area contributed by atoms with Gasteiger partial charge in [0.1, 0.15) is 17.2 Å². The molecule has 3 aromatic rings. The molecular formula is C23H25N3O3. The van der Waals surface area contributed by atoms with Gasteiger partial charge in [0.15, 0.2) is 0 Å². The molecule has 2 aromatic carbocycles. The van der Waals surface area contributed by atoms with E-state index in [9.17, 15) is 4.79 Å². The van der Waals surface area contributed by atoms with Crippen LogP contribution < -0.4 is 20.1 Å². The van der Waals surface area contributed by atoms with Crippen molar-refractivity contribution in [3.8, 4) is 11.5 Å². The third kappa shape index (κ3) is 4.85. The number of carbonyl (C=O) groups is 1. The Balaban J connectivity index is 1.82. The first-order valence-electron chi connectivity index (χ1n) is 9.37. The van der Waals surface area contributed by atoms with Gasteiger partial charge in [-0.3, -0.25) is 9.78 Å². The summed E-state index contributed by atoms with van der Waals surface area (Å²) in [4.78, 5) is 17.0. The second-order valence-electron chi connectivity index (χ2n) is 6.82. The maximum absolute atomic E-state index is 12.8. The molecule has 0 spiro atoms. The number of aromatic nitrogens is 1. The lowest BCUT2D eigenvalue weighted by atomic mass is 10.0. The predicted octanol–water partition coefficient (Wildman–Crippen LogP) is 5.22. The second kappa shape index (κ2) is 9.10. The standard InChI is InChI=1S/C23H25N3O3/c1-15(2)18-7-5-6-8-19(18)26-23(27)21-13-16(11-12-24-21)25-20-14-17(28-3)9-10-22(20)29-4/h5-15H,1-4H3,(H,24,25)(H,26,27). The van der Waals surface area contributed by atoms with Crippen molar-refractivity contribution in [2.75, 3.05) is 24.9 Å². The van der Waals surface area contributed by atoms with Gasteiger partial charge in [-0.15, -0.1) is 0 Å². The summed E-state index contributed by atoms with van der Waals surface area (Å²) >= 11 is 0. The van der Waals surface area contributed by atoms with E-state index in [-0.39, 0.29) is 5.91 Å². The Kier molecular flexibility index (Phi) is 6.34. The number of pyridine rings is 1. The Morgan fingerprint density at radius 3 is 2.48 bits per heavy atom. The van der Waals surface area contributed by atoms with E-state index in [0.29, 0.717) is 28.8 Å². The highest BCUT2D eigenvalue weighted by atomic mass is 16.5. The molecule has 0 bridgehead atoms. The zero-order valence-electron chi connectivity index (χ0n) is 17.0. The SMILES string of the molecule is COc1ccc(OC)c(Nc2ccnc(C(=O)Nc3ccccc3C(C)C)c2)c1. The third-order valence-corrected chi connectivity index (χ3v) is 4.51. The van der Waals surface area contributed by atoms with Gasteiger partial charge in [0.05, 0.1) is 19.9 Å². The molecule has 3 rings (SSSR count). The van der Waals surface area contributed by atoms with Crippen LogP contribution in [0, 0.1) is 0 Å². The van der Waals surface area contributed by atoms with Crippen LogP contribution in [-0.2, 0) is 0 Å². The number of anilines is 3. The first kappa shape index (κ1) is 20.2. The highest BCUT2D eigenvalue weighted by Gasteiger charge is 2.13. The molecule has 6 heteroatoms. The van der Waals surface area contributed by atoms with E-state index in [4.69, 9.17) is 9.47 Å². The minimum absolute atomic E-state index is 0.264. The smallest absolute Gasteiger partial charge is 0.274 e. The topological polar surface area (TPSA) is 72.5 Å². The van der Waals surface area contributed by atoms with Crippen molar-refractivity contribution in [3.05, 3.63) is 72.1 Å². The number of rotatable bonds is 7. The van der Waals surface area contributed by atoms with E-state index in [1.807, 2.05) is 42.5 Å². The Bertz CT molecular complexity index is 1000. The quantitative estimate of drug-likeness (QED) is 0.578. The third-order valence-electron chi connectivity index (χ3n) is 4.51. The molecule has 0 aliphatic carbocycles. The molecule has 2 N–H and O–H groups in total. The van der Waals surface area contributed by atoms with Crippen LogP contribution in [0.2, 0.25) is 0 Å². The number of benzene rings is 2. The number of ether oxygens (including phenoxy) is 2. The molecule has 0 atom stereocenters. The summed E-state index contributed by atoms with van der Waals surface area (Å²) in [5, 5.41) is 6.23. The van der Waals surface area contributed by atoms with Crippen LogP contribution in [0.3, 0.4) is 0 Å². The summed E-state index contributed by atoms with van der Waals surface area (Å²) in [6, 6.07) is 16.7. The van der Waals surface area contributed by atoms with E-state index >= 15 is 0 Å². The minimum atomic E-state index is -0.264. The molecule has 0 aliphatic heterocycles. The van der Waals surface area contributed by atoms with E-state index in [1.54, 1.807) is 32.5 Å². The zero-order chi connectivity index (χ0) is 20.8. The molecule has 0 saturated heterocycles. The van der Waals surface area contributed by atoms with Gasteiger partial charge in [0.25, 0.3) is 5.91 Å². The van der Waals surface area contributed by atoms with Crippen LogP contribution in [-0.4, -0.2) is 25.1 Å². The Labute approximate surface area is 170 Å². The molecule has 6 nitrogen and oxygen atoms in total. The Morgan fingerprint density at radius 2 is 1.76 bits per heavy atom. The summed E-state index contributed by atoms with van der Waals surface area (Å²) in [7, 11) is 3.21. The molecule has 0 saturated carbocycles. The maximum Gasteiger partial charge on any atom is 0.274 e. The Hall–Kier alpha value is -3.54. The van der Waals surface area contributed by atoms with Crippen LogP contribution in [0.1, 0.15) is 35.8 Å². The van der Waals surface area contributed by atoms with Crippen molar-refractivity contribution in [1.82, 2.24) is 4.98 Å². The molecule has 1 amide bonds. The molecule has 1 aromatic heterocycles. The number of carbonyl (C=O) groups excluding carboxylic acids is 1. The molecule has 0 aliphatic rings. The van der Waals surface area contributed by atoms with E-state index in [0.717, 1.165) is 16.9 Å². The van der Waals surface area contributed by atoms with Crippen LogP contribution in [0.4, 0.5) is 17.1 Å². The summed E-state index contributed by atoms with van der Waals surface area (Å²) in [5.74, 6) is 1.40. The highest BCUT2D eigenvalue weighted by Crippen LogP contribution is 2.31. The number of nitrogens with one attached hydrogen (secondary N) is 2. The summed E-state index contributed by atoms with van der Waals surface area (Å²) in [5.41, 5.74) is 3.64. The van der Waals surface area contributed by atoms with Gasteiger partial charge in [-0.2, -0.15) is 0 Å². The number of nitrogens with zero attached hydrogens (tertiary/aromatic N) is 1. The van der Waals surface area contributed by atoms with Crippen LogP contribution >= 0.6 is 0 Å². The van der Waals surface area contributed by atoms with Gasteiger partial charge in [-0.25, -0.2) is 0 Å². The fourth-order valence-electron chi connectivity index (χ4n) is 3.00. The maximum atomic E-state index is 12.8. The first-order valence-corrected chi connectivity index (χ1v) is 9.37. The summed E-state index contributed by atoms with van der Waals surface area (Å²) < 4.78 is 10.7. The second-order valence-corrected chi connectivity index (χ2v) is 6.82. The van der Waals surface area contributed by atoms with Crippen LogP contribution in [0.15, 0.2) is 60.8 Å². The molecular weight excluding hydrogens is 366 g/mol. The molecule has 0 unspecified atom stereocenters. The molecule has 0 fully saturated rings. The minimum Gasteiger partial charge on any atom is -0.497 e. The fourth-order valence-corrected chi connectivity index (χ4v) is 3.00. The number of methoxy groups -OCH3 is 2. The van der Waals surface area contributed by atoms with Crippen molar-refractivity contribution in [3.63, 3.8) is 0 Å². The lowest BCUT2D eigenvalue weighted by Crippen LogP contribution is -2.15. The van der Waals surface area contributed by atoms with E-state index < -0.39 is 0 Å². The van der Waals surface area contributed by atoms with Crippen molar-refractivity contribution < 1.29 is 14.3 Å². The fraction of sp³-hybridized carbons (Fsp3) is 0.217. The van der Waals surface area contributed by atoms with E-state index in [1.165, 1.54) is 0 Å². The number of hydrogen-bond donors (Lipinski definition) is 2. The van der Waals surface area contributed by atoms with Gasteiger partial charge < -0.3 is 20.1 Å². The number of hydrogen-bond acceptors (Lipinski definition) is 5. The van der Waals surface area contributed by atoms with Gasteiger partial charge in [-0.05, 0) is 41.8 Å². The average molecular weight is 391 g/mol. The van der Waals surface area contributed by atoms with Crippen molar-refractivity contribution >= 4 is 23.0 Å². The molecule has 0 radical (unpaired) electrons. The van der Waals surface area contributed by atoms with E-state index in [2.05, 4.69) is 29.5 Å². The van der Waals surface area contributed by atoms with Crippen LogP contribution in [0.25, 0.3) is 0 Å². The van der Waals surface area contributed by atoms with Gasteiger partial charge in [0, 0.05) is 23.6 Å². The van der Waals surface area contributed by atoms with Gasteiger partial charge in [-0.1, -0.05) is 32.0 Å². The lowest BCUT2D eigenvalue weighted by molar-refractivity contribution is 0.102. The number of para-hydroxylation sites is 1.